The molecule has 0 saturated carbocycles. The number of rotatable bonds is 6. The Kier molecular flexibility index (Phi) is 5.31. The summed E-state index contributed by atoms with van der Waals surface area (Å²) in [7, 11) is 1.19. The van der Waals surface area contributed by atoms with Crippen molar-refractivity contribution in [1.29, 1.82) is 0 Å². The number of benzene rings is 2. The SMILES string of the molecule is COC(=O)C1(CSc2nc3ccccc3s2)OC(=O)C(O)=C1Sc1nc2ccccc2o1. The van der Waals surface area contributed by atoms with Gasteiger partial charge in [0.05, 0.1) is 28.0 Å². The van der Waals surface area contributed by atoms with Crippen LogP contribution in [0.15, 0.2) is 73.2 Å². The lowest BCUT2D eigenvalue weighted by atomic mass is 10.1. The van der Waals surface area contributed by atoms with Crippen molar-refractivity contribution in [2.24, 2.45) is 0 Å². The maximum absolute atomic E-state index is 12.9. The number of nitrogens with zero attached hydrogens (tertiary/aromatic N) is 2. The molecule has 1 unspecified atom stereocenters. The summed E-state index contributed by atoms with van der Waals surface area (Å²) in [5.74, 6) is -2.55. The third-order valence-electron chi connectivity index (χ3n) is 4.69. The number of carbonyl (C=O) groups excluding carboxylic acids is 2. The van der Waals surface area contributed by atoms with Gasteiger partial charge in [-0.25, -0.2) is 19.6 Å². The largest absolute Gasteiger partial charge is 0.501 e. The van der Waals surface area contributed by atoms with Gasteiger partial charge in [-0.15, -0.1) is 11.3 Å². The van der Waals surface area contributed by atoms with E-state index in [0.717, 1.165) is 22.0 Å². The van der Waals surface area contributed by atoms with Crippen LogP contribution in [0.5, 0.6) is 0 Å². The highest BCUT2D eigenvalue weighted by Gasteiger charge is 2.56. The molecule has 1 aliphatic rings. The summed E-state index contributed by atoms with van der Waals surface area (Å²) >= 11 is 3.54. The number of thiazole rings is 1. The summed E-state index contributed by atoms with van der Waals surface area (Å²) in [5, 5.41) is 10.6. The second kappa shape index (κ2) is 8.15. The van der Waals surface area contributed by atoms with E-state index in [1.165, 1.54) is 30.2 Å². The number of ether oxygens (including phenoxy) is 2. The Labute approximate surface area is 193 Å². The lowest BCUT2D eigenvalue weighted by Gasteiger charge is -2.25. The van der Waals surface area contributed by atoms with Crippen molar-refractivity contribution >= 4 is 68.1 Å². The van der Waals surface area contributed by atoms with Gasteiger partial charge in [0.1, 0.15) is 5.52 Å². The fourth-order valence-electron chi connectivity index (χ4n) is 3.18. The molecule has 0 bridgehead atoms. The van der Waals surface area contributed by atoms with Crippen molar-refractivity contribution in [3.05, 3.63) is 59.2 Å². The third-order valence-corrected chi connectivity index (χ3v) is 8.09. The maximum Gasteiger partial charge on any atom is 0.375 e. The lowest BCUT2D eigenvalue weighted by molar-refractivity contribution is -0.168. The first-order chi connectivity index (χ1) is 15.5. The lowest BCUT2D eigenvalue weighted by Crippen LogP contribution is -2.44. The second-order valence-electron chi connectivity index (χ2n) is 6.67. The fourth-order valence-corrected chi connectivity index (χ4v) is 6.45. The van der Waals surface area contributed by atoms with Crippen LogP contribution in [0.1, 0.15) is 0 Å². The van der Waals surface area contributed by atoms with Crippen LogP contribution in [0.25, 0.3) is 21.3 Å². The molecule has 0 amide bonds. The van der Waals surface area contributed by atoms with Crippen molar-refractivity contribution < 1.29 is 28.6 Å². The van der Waals surface area contributed by atoms with Crippen LogP contribution >= 0.6 is 34.9 Å². The molecule has 162 valence electrons. The van der Waals surface area contributed by atoms with Crippen LogP contribution < -0.4 is 0 Å². The number of esters is 2. The minimum Gasteiger partial charge on any atom is -0.501 e. The van der Waals surface area contributed by atoms with E-state index in [1.807, 2.05) is 30.3 Å². The van der Waals surface area contributed by atoms with Gasteiger partial charge in [-0.3, -0.25) is 0 Å². The van der Waals surface area contributed by atoms with Gasteiger partial charge < -0.3 is 19.0 Å². The fraction of sp³-hybridized carbons (Fsp3) is 0.143. The molecule has 3 heterocycles. The average Bonchev–Trinajstić information content (AvgIpc) is 3.47. The predicted octanol–water partition coefficient (Wildman–Crippen LogP) is 4.56. The number of aliphatic hydroxyl groups excluding tert-OH is 1. The van der Waals surface area contributed by atoms with E-state index in [2.05, 4.69) is 9.97 Å². The number of carbonyl (C=O) groups is 2. The van der Waals surface area contributed by atoms with Gasteiger partial charge in [0.25, 0.3) is 10.8 Å². The van der Waals surface area contributed by atoms with Gasteiger partial charge in [0.15, 0.2) is 9.92 Å². The van der Waals surface area contributed by atoms with Gasteiger partial charge in [0, 0.05) is 0 Å². The number of hydrogen-bond acceptors (Lipinski definition) is 11. The molecule has 8 nitrogen and oxygen atoms in total. The molecule has 0 radical (unpaired) electrons. The number of oxazole rings is 1. The first-order valence-electron chi connectivity index (χ1n) is 9.27. The number of para-hydroxylation sites is 3. The Morgan fingerprint density at radius 3 is 2.66 bits per heavy atom. The van der Waals surface area contributed by atoms with Crippen LogP contribution in [0.3, 0.4) is 0 Å². The molecule has 2 aromatic heterocycles. The number of cyclic esters (lactones) is 1. The van der Waals surface area contributed by atoms with Crippen molar-refractivity contribution in [3.63, 3.8) is 0 Å². The second-order valence-corrected chi connectivity index (χ2v) is 9.89. The Morgan fingerprint density at radius 2 is 1.91 bits per heavy atom. The van der Waals surface area contributed by atoms with E-state index in [1.54, 1.807) is 18.2 Å². The first-order valence-corrected chi connectivity index (χ1v) is 11.9. The van der Waals surface area contributed by atoms with Gasteiger partial charge in [-0.2, -0.15) is 0 Å². The maximum atomic E-state index is 12.9. The molecule has 0 spiro atoms. The van der Waals surface area contributed by atoms with Gasteiger partial charge in [-0.1, -0.05) is 36.0 Å². The minimum atomic E-state index is -1.86. The van der Waals surface area contributed by atoms with E-state index < -0.39 is 23.3 Å². The molecular weight excluding hydrogens is 472 g/mol. The number of fused-ring (bicyclic) bond motifs is 2. The number of hydrogen-bond donors (Lipinski definition) is 1. The monoisotopic (exact) mass is 486 g/mol. The highest BCUT2D eigenvalue weighted by Crippen LogP contribution is 2.47. The molecule has 0 fully saturated rings. The molecule has 0 aliphatic carbocycles. The van der Waals surface area contributed by atoms with E-state index in [9.17, 15) is 14.7 Å². The van der Waals surface area contributed by atoms with Crippen molar-refractivity contribution in [2.75, 3.05) is 12.9 Å². The molecule has 1 atom stereocenters. The summed E-state index contributed by atoms with van der Waals surface area (Å²) < 4.78 is 17.7. The van der Waals surface area contributed by atoms with Crippen LogP contribution in [-0.4, -0.2) is 45.5 Å². The Hall–Kier alpha value is -3.02. The Bertz CT molecular complexity index is 1330. The third kappa shape index (κ3) is 3.51. The van der Waals surface area contributed by atoms with Crippen LogP contribution in [0.2, 0.25) is 0 Å². The summed E-state index contributed by atoms with van der Waals surface area (Å²) in [6, 6.07) is 14.8. The molecule has 2 aromatic carbocycles. The summed E-state index contributed by atoms with van der Waals surface area (Å²) in [6.07, 6.45) is 0. The standard InChI is InChI=1S/C21H14N2O6S3/c1-27-18(26)21(10-30-20-23-12-7-3-5-9-14(12)31-20)16(15(24)17(25)29-21)32-19-22-11-6-2-4-8-13(11)28-19/h2-9,24H,10H2,1H3. The van der Waals surface area contributed by atoms with Gasteiger partial charge >= 0.3 is 11.9 Å². The van der Waals surface area contributed by atoms with E-state index in [-0.39, 0.29) is 15.9 Å². The van der Waals surface area contributed by atoms with Crippen molar-refractivity contribution in [1.82, 2.24) is 9.97 Å². The molecule has 5 rings (SSSR count). The number of aliphatic hydroxyl groups is 1. The molecule has 1 aliphatic heterocycles. The Morgan fingerprint density at radius 1 is 1.16 bits per heavy atom. The average molecular weight is 487 g/mol. The van der Waals surface area contributed by atoms with Crippen molar-refractivity contribution in [2.45, 2.75) is 15.2 Å². The minimum absolute atomic E-state index is 0.0329. The number of thioether (sulfide) groups is 2. The van der Waals surface area contributed by atoms with E-state index in [0.29, 0.717) is 15.4 Å². The number of aromatic nitrogens is 2. The molecule has 4 aromatic rings. The topological polar surface area (TPSA) is 112 Å². The zero-order chi connectivity index (χ0) is 22.3. The van der Waals surface area contributed by atoms with Crippen LogP contribution in [0.4, 0.5) is 0 Å². The molecule has 32 heavy (non-hydrogen) atoms. The number of methoxy groups -OCH3 is 1. The normalized spacial score (nSPS) is 18.5. The predicted molar refractivity (Wildman–Crippen MR) is 121 cm³/mol. The first kappa shape index (κ1) is 20.9. The smallest absolute Gasteiger partial charge is 0.375 e. The quantitative estimate of drug-likeness (QED) is 0.307. The summed E-state index contributed by atoms with van der Waals surface area (Å²) in [4.78, 5) is 34.0. The van der Waals surface area contributed by atoms with E-state index >= 15 is 0 Å². The molecular formula is C21H14N2O6S3. The van der Waals surface area contributed by atoms with E-state index in [4.69, 9.17) is 13.9 Å². The molecule has 0 saturated heterocycles. The zero-order valence-electron chi connectivity index (χ0n) is 16.4. The van der Waals surface area contributed by atoms with Crippen molar-refractivity contribution in [3.8, 4) is 0 Å². The van der Waals surface area contributed by atoms with Gasteiger partial charge in [-0.05, 0) is 36.0 Å². The van der Waals surface area contributed by atoms with Crippen LogP contribution in [-0.2, 0) is 19.1 Å². The van der Waals surface area contributed by atoms with Crippen LogP contribution in [0, 0.1) is 0 Å². The summed E-state index contributed by atoms with van der Waals surface area (Å²) in [5.41, 5.74) is 0.111. The highest BCUT2D eigenvalue weighted by molar-refractivity contribution is 8.03. The Balaban J connectivity index is 1.49. The highest BCUT2D eigenvalue weighted by atomic mass is 32.2. The zero-order valence-corrected chi connectivity index (χ0v) is 18.9. The molecule has 11 heteroatoms. The summed E-state index contributed by atoms with van der Waals surface area (Å²) in [6.45, 7) is 0. The van der Waals surface area contributed by atoms with Gasteiger partial charge in [0.2, 0.25) is 5.76 Å². The molecule has 1 N–H and O–H groups in total.